The van der Waals surface area contributed by atoms with Crippen molar-refractivity contribution in [2.45, 2.75) is 34.1 Å². The summed E-state index contributed by atoms with van der Waals surface area (Å²) in [7, 11) is -2.37. The fourth-order valence-corrected chi connectivity index (χ4v) is 2.72. The van der Waals surface area contributed by atoms with Gasteiger partial charge in [0.25, 0.3) is 5.91 Å². The third-order valence-electron chi connectivity index (χ3n) is 2.96. The molecule has 0 aliphatic rings. The zero-order chi connectivity index (χ0) is 14.8. The first kappa shape index (κ1) is 15.7. The van der Waals surface area contributed by atoms with Gasteiger partial charge in [-0.2, -0.15) is 12.7 Å². The van der Waals surface area contributed by atoms with Crippen LogP contribution < -0.4 is 4.72 Å². The average Bonchev–Trinajstić information content (AvgIpc) is 2.52. The van der Waals surface area contributed by atoms with Crippen molar-refractivity contribution in [3.8, 4) is 0 Å². The summed E-state index contributed by atoms with van der Waals surface area (Å²) in [6.07, 6.45) is 0.675. The van der Waals surface area contributed by atoms with Crippen molar-refractivity contribution >= 4 is 16.1 Å². The molecular formula is C12H20N2O4S. The molecule has 0 saturated heterocycles. The number of rotatable bonds is 5. The molecule has 1 aromatic rings. The van der Waals surface area contributed by atoms with E-state index in [9.17, 15) is 13.2 Å². The Bertz CT molecular complexity index is 575. The number of carbonyl (C=O) groups excluding carboxylic acids is 1. The van der Waals surface area contributed by atoms with E-state index in [1.54, 1.807) is 20.8 Å². The van der Waals surface area contributed by atoms with Crippen molar-refractivity contribution in [2.75, 3.05) is 13.6 Å². The van der Waals surface area contributed by atoms with Gasteiger partial charge in [-0.25, -0.2) is 4.72 Å². The lowest BCUT2D eigenvalue weighted by Gasteiger charge is -2.16. The van der Waals surface area contributed by atoms with Crippen LogP contribution in [0.1, 0.15) is 40.8 Å². The number of nitrogens with zero attached hydrogens (tertiary/aromatic N) is 1. The molecule has 0 saturated carbocycles. The fraction of sp³-hybridized carbons (Fsp3) is 0.583. The second-order valence-electron chi connectivity index (χ2n) is 4.47. The summed E-state index contributed by atoms with van der Waals surface area (Å²) in [6, 6.07) is 0. The molecule has 1 N–H and O–H groups in total. The Hall–Kier alpha value is -1.34. The van der Waals surface area contributed by atoms with Crippen LogP contribution >= 0.6 is 0 Å². The largest absolute Gasteiger partial charge is 0.466 e. The molecule has 7 heteroatoms. The zero-order valence-electron chi connectivity index (χ0n) is 11.9. The Kier molecular flexibility index (Phi) is 4.75. The Labute approximate surface area is 114 Å². The lowest BCUT2D eigenvalue weighted by Crippen LogP contribution is -2.42. The third-order valence-corrected chi connectivity index (χ3v) is 4.41. The molecular weight excluding hydrogens is 268 g/mol. The minimum Gasteiger partial charge on any atom is -0.466 e. The van der Waals surface area contributed by atoms with Gasteiger partial charge in [0.05, 0.1) is 5.56 Å². The number of aryl methyl sites for hydroxylation is 2. The van der Waals surface area contributed by atoms with E-state index in [1.165, 1.54) is 7.05 Å². The van der Waals surface area contributed by atoms with Crippen LogP contribution in [0.5, 0.6) is 0 Å². The van der Waals surface area contributed by atoms with E-state index in [-0.39, 0.29) is 5.56 Å². The van der Waals surface area contributed by atoms with E-state index in [2.05, 4.69) is 4.72 Å². The van der Waals surface area contributed by atoms with Crippen LogP contribution in [0, 0.1) is 20.8 Å². The van der Waals surface area contributed by atoms with Crippen LogP contribution in [-0.2, 0) is 10.2 Å². The summed E-state index contributed by atoms with van der Waals surface area (Å²) >= 11 is 0. The van der Waals surface area contributed by atoms with Gasteiger partial charge in [0, 0.05) is 19.2 Å². The lowest BCUT2D eigenvalue weighted by atomic mass is 10.1. The molecule has 0 atom stereocenters. The maximum absolute atomic E-state index is 12.0. The minimum absolute atomic E-state index is 0.283. The van der Waals surface area contributed by atoms with Crippen molar-refractivity contribution < 1.29 is 17.6 Å². The predicted octanol–water partition coefficient (Wildman–Crippen LogP) is 1.52. The molecule has 0 spiro atoms. The molecule has 0 radical (unpaired) electrons. The molecule has 1 aromatic heterocycles. The van der Waals surface area contributed by atoms with Gasteiger partial charge in [-0.15, -0.1) is 0 Å². The van der Waals surface area contributed by atoms with Crippen molar-refractivity contribution in [1.29, 1.82) is 0 Å². The molecule has 0 unspecified atom stereocenters. The van der Waals surface area contributed by atoms with Gasteiger partial charge in [-0.1, -0.05) is 6.92 Å². The molecule has 1 heterocycles. The topological polar surface area (TPSA) is 79.6 Å². The number of hydrogen-bond acceptors (Lipinski definition) is 4. The Morgan fingerprint density at radius 2 is 1.84 bits per heavy atom. The molecule has 19 heavy (non-hydrogen) atoms. The van der Waals surface area contributed by atoms with Crippen molar-refractivity contribution in [2.24, 2.45) is 0 Å². The van der Waals surface area contributed by atoms with Crippen molar-refractivity contribution in [1.82, 2.24) is 9.03 Å². The highest BCUT2D eigenvalue weighted by molar-refractivity contribution is 7.87. The van der Waals surface area contributed by atoms with Crippen LogP contribution in [0.25, 0.3) is 0 Å². The van der Waals surface area contributed by atoms with Gasteiger partial charge in [0.1, 0.15) is 11.5 Å². The zero-order valence-corrected chi connectivity index (χ0v) is 12.7. The van der Waals surface area contributed by atoms with Gasteiger partial charge < -0.3 is 4.42 Å². The molecule has 0 aliphatic heterocycles. The maximum atomic E-state index is 12.0. The van der Waals surface area contributed by atoms with Gasteiger partial charge in [0.15, 0.2) is 0 Å². The van der Waals surface area contributed by atoms with Crippen molar-refractivity contribution in [3.05, 3.63) is 22.6 Å². The lowest BCUT2D eigenvalue weighted by molar-refractivity contribution is 0.0977. The third kappa shape index (κ3) is 3.36. The highest BCUT2D eigenvalue weighted by atomic mass is 32.2. The number of nitrogens with one attached hydrogen (secondary N) is 1. The summed E-state index contributed by atoms with van der Waals surface area (Å²) in [5.41, 5.74) is 0.939. The highest BCUT2D eigenvalue weighted by Crippen LogP contribution is 2.20. The number of carbonyl (C=O) groups is 1. The molecule has 6 nitrogen and oxygen atoms in total. The second kappa shape index (κ2) is 5.75. The fourth-order valence-electron chi connectivity index (χ4n) is 1.81. The van der Waals surface area contributed by atoms with Crippen molar-refractivity contribution in [3.63, 3.8) is 0 Å². The molecule has 0 aromatic carbocycles. The molecule has 0 fully saturated rings. The molecule has 1 amide bonds. The molecule has 0 bridgehead atoms. The summed E-state index contributed by atoms with van der Waals surface area (Å²) in [5.74, 6) is 0.373. The number of amides is 1. The van der Waals surface area contributed by atoms with Gasteiger partial charge in [-0.3, -0.25) is 4.79 Å². The monoisotopic (exact) mass is 288 g/mol. The first-order valence-electron chi connectivity index (χ1n) is 6.05. The van der Waals surface area contributed by atoms with Gasteiger partial charge >= 0.3 is 10.2 Å². The maximum Gasteiger partial charge on any atom is 0.303 e. The average molecular weight is 288 g/mol. The van der Waals surface area contributed by atoms with E-state index in [1.807, 2.05) is 6.92 Å². The second-order valence-corrected chi connectivity index (χ2v) is 6.25. The van der Waals surface area contributed by atoms with Crippen LogP contribution in [0.4, 0.5) is 0 Å². The minimum atomic E-state index is -3.80. The van der Waals surface area contributed by atoms with Crippen LogP contribution in [0.2, 0.25) is 0 Å². The first-order chi connectivity index (χ1) is 8.70. The quantitative estimate of drug-likeness (QED) is 0.891. The Morgan fingerprint density at radius 1 is 1.26 bits per heavy atom. The number of hydrogen-bond donors (Lipinski definition) is 1. The normalized spacial score (nSPS) is 11.9. The van der Waals surface area contributed by atoms with E-state index >= 15 is 0 Å². The predicted molar refractivity (Wildman–Crippen MR) is 72.2 cm³/mol. The number of furan rings is 1. The van der Waals surface area contributed by atoms with Gasteiger partial charge in [0.2, 0.25) is 0 Å². The van der Waals surface area contributed by atoms with Crippen LogP contribution in [-0.4, -0.2) is 32.2 Å². The summed E-state index contributed by atoms with van der Waals surface area (Å²) < 4.78 is 32.3. The highest BCUT2D eigenvalue weighted by Gasteiger charge is 2.25. The van der Waals surface area contributed by atoms with E-state index in [0.29, 0.717) is 30.0 Å². The molecule has 0 aliphatic carbocycles. The molecule has 108 valence electrons. The SMILES string of the molecule is CCCN(C)S(=O)(=O)NC(=O)c1c(C)oc(C)c1C. The summed E-state index contributed by atoms with van der Waals surface area (Å²) in [6.45, 7) is 7.31. The summed E-state index contributed by atoms with van der Waals surface area (Å²) in [4.78, 5) is 12.0. The van der Waals surface area contributed by atoms with E-state index in [4.69, 9.17) is 4.42 Å². The van der Waals surface area contributed by atoms with Gasteiger partial charge in [-0.05, 0) is 27.2 Å². The first-order valence-corrected chi connectivity index (χ1v) is 7.49. The Balaban J connectivity index is 2.97. The Morgan fingerprint density at radius 3 is 2.26 bits per heavy atom. The van der Waals surface area contributed by atoms with Crippen LogP contribution in [0.3, 0.4) is 0 Å². The smallest absolute Gasteiger partial charge is 0.303 e. The van der Waals surface area contributed by atoms with E-state index in [0.717, 1.165) is 4.31 Å². The standard InChI is InChI=1S/C12H20N2O4S/c1-6-7-14(5)19(16,17)13-12(15)11-8(2)9(3)18-10(11)4/h6-7H2,1-5H3,(H,13,15). The van der Waals surface area contributed by atoms with Crippen LogP contribution in [0.15, 0.2) is 4.42 Å². The summed E-state index contributed by atoms with van der Waals surface area (Å²) in [5, 5.41) is 0. The van der Waals surface area contributed by atoms with E-state index < -0.39 is 16.1 Å². The molecule has 1 rings (SSSR count).